The summed E-state index contributed by atoms with van der Waals surface area (Å²) in [5, 5.41) is 0. The summed E-state index contributed by atoms with van der Waals surface area (Å²) < 4.78 is 10.6. The molecule has 0 heterocycles. The summed E-state index contributed by atoms with van der Waals surface area (Å²) in [6.07, 6.45) is 4.08. The van der Waals surface area contributed by atoms with Gasteiger partial charge in [0.2, 0.25) is 0 Å². The Balaban J connectivity index is 3.38. The van der Waals surface area contributed by atoms with E-state index >= 15 is 0 Å². The fourth-order valence-electron chi connectivity index (χ4n) is 2.63. The van der Waals surface area contributed by atoms with Gasteiger partial charge >= 0.3 is 5.97 Å². The number of carbonyl (C=O) groups excluding carboxylic acids is 1. The van der Waals surface area contributed by atoms with Crippen LogP contribution in [0.15, 0.2) is 43.5 Å². The normalized spacial score (nSPS) is 14.5. The Labute approximate surface area is 133 Å². The molecule has 22 heavy (non-hydrogen) atoms. The molecule has 0 saturated carbocycles. The van der Waals surface area contributed by atoms with E-state index in [1.165, 1.54) is 0 Å². The Morgan fingerprint density at radius 3 is 2.55 bits per heavy atom. The summed E-state index contributed by atoms with van der Waals surface area (Å²) in [5.41, 5.74) is 1.50. The molecule has 0 radical (unpaired) electrons. The van der Waals surface area contributed by atoms with Gasteiger partial charge in [-0.2, -0.15) is 0 Å². The molecule has 0 amide bonds. The molecular weight excluding hydrogens is 276 g/mol. The van der Waals surface area contributed by atoms with Crippen molar-refractivity contribution in [1.29, 1.82) is 0 Å². The fraction of sp³-hybridized carbons (Fsp3) is 0.421. The highest BCUT2D eigenvalue weighted by molar-refractivity contribution is 5.75. The smallest absolute Gasteiger partial charge is 0.310 e. The van der Waals surface area contributed by atoms with E-state index in [9.17, 15) is 4.79 Å². The van der Waals surface area contributed by atoms with Gasteiger partial charge in [0, 0.05) is 5.41 Å². The monoisotopic (exact) mass is 302 g/mol. The molecule has 0 aliphatic rings. The molecule has 120 valence electrons. The van der Waals surface area contributed by atoms with E-state index in [2.05, 4.69) is 19.2 Å². The van der Waals surface area contributed by atoms with Crippen LogP contribution in [-0.2, 0) is 14.9 Å². The van der Waals surface area contributed by atoms with Crippen molar-refractivity contribution in [2.75, 3.05) is 13.7 Å². The number of benzene rings is 1. The molecular formula is C19H26O3. The molecule has 0 bridgehead atoms. The number of rotatable bonds is 8. The maximum absolute atomic E-state index is 12.4. The van der Waals surface area contributed by atoms with Crippen LogP contribution in [0.5, 0.6) is 5.75 Å². The molecule has 0 aromatic heterocycles. The predicted octanol–water partition coefficient (Wildman–Crippen LogP) is 4.20. The minimum Gasteiger partial charge on any atom is -0.497 e. The van der Waals surface area contributed by atoms with Gasteiger partial charge in [0.1, 0.15) is 5.75 Å². The summed E-state index contributed by atoms with van der Waals surface area (Å²) in [4.78, 5) is 12.4. The average Bonchev–Trinajstić information content (AvgIpc) is 2.51. The number of aryl methyl sites for hydroxylation is 1. The molecule has 2 atom stereocenters. The Bertz CT molecular complexity index is 548. The second-order valence-corrected chi connectivity index (χ2v) is 5.55. The van der Waals surface area contributed by atoms with Crippen LogP contribution >= 0.6 is 0 Å². The lowest BCUT2D eigenvalue weighted by Crippen LogP contribution is -2.36. The van der Waals surface area contributed by atoms with Gasteiger partial charge in [-0.15, -0.1) is 13.2 Å². The topological polar surface area (TPSA) is 35.5 Å². The van der Waals surface area contributed by atoms with Crippen LogP contribution in [0.3, 0.4) is 0 Å². The van der Waals surface area contributed by atoms with E-state index in [0.29, 0.717) is 13.0 Å². The third-order valence-electron chi connectivity index (χ3n) is 4.03. The Morgan fingerprint density at radius 2 is 2.05 bits per heavy atom. The number of methoxy groups -OCH3 is 1. The third kappa shape index (κ3) is 3.79. The van der Waals surface area contributed by atoms with Crippen molar-refractivity contribution in [2.45, 2.75) is 32.6 Å². The van der Waals surface area contributed by atoms with Crippen LogP contribution in [-0.4, -0.2) is 19.7 Å². The standard InChI is InChI=1S/C19H26O3/c1-7-10-17(18(20)22-9-3)19(5,8-2)15-11-14(4)12-16(13-15)21-6/h7-8,11-13,17H,1-2,9-10H2,3-6H3/t17?,19-/m0/s1. The van der Waals surface area contributed by atoms with Crippen LogP contribution in [0.1, 0.15) is 31.4 Å². The lowest BCUT2D eigenvalue weighted by molar-refractivity contribution is -0.149. The first-order chi connectivity index (χ1) is 10.4. The third-order valence-corrected chi connectivity index (χ3v) is 4.03. The summed E-state index contributed by atoms with van der Waals surface area (Å²) in [6.45, 7) is 13.9. The molecule has 0 fully saturated rings. The van der Waals surface area contributed by atoms with Crippen molar-refractivity contribution in [3.05, 3.63) is 54.6 Å². The zero-order valence-corrected chi connectivity index (χ0v) is 14.0. The predicted molar refractivity (Wildman–Crippen MR) is 90.2 cm³/mol. The highest BCUT2D eigenvalue weighted by atomic mass is 16.5. The number of esters is 1. The lowest BCUT2D eigenvalue weighted by atomic mass is 9.70. The largest absolute Gasteiger partial charge is 0.497 e. The van der Waals surface area contributed by atoms with Crippen LogP contribution < -0.4 is 4.74 Å². The van der Waals surface area contributed by atoms with E-state index in [1.807, 2.05) is 39.0 Å². The molecule has 0 N–H and O–H groups in total. The van der Waals surface area contributed by atoms with E-state index in [-0.39, 0.29) is 11.9 Å². The number of allylic oxidation sites excluding steroid dienone is 2. The van der Waals surface area contributed by atoms with Gasteiger partial charge in [0.05, 0.1) is 19.6 Å². The van der Waals surface area contributed by atoms with Crippen molar-refractivity contribution >= 4 is 5.97 Å². The van der Waals surface area contributed by atoms with Crippen LogP contribution in [0.25, 0.3) is 0 Å². The number of ether oxygens (including phenoxy) is 2. The van der Waals surface area contributed by atoms with Gasteiger partial charge in [-0.25, -0.2) is 0 Å². The molecule has 0 aliphatic carbocycles. The first-order valence-corrected chi connectivity index (χ1v) is 7.50. The van der Waals surface area contributed by atoms with Crippen molar-refractivity contribution < 1.29 is 14.3 Å². The Morgan fingerprint density at radius 1 is 1.36 bits per heavy atom. The van der Waals surface area contributed by atoms with Crippen molar-refractivity contribution in [1.82, 2.24) is 0 Å². The first kappa shape index (κ1) is 18.0. The molecule has 3 heteroatoms. The van der Waals surface area contributed by atoms with Gasteiger partial charge in [-0.1, -0.05) is 25.1 Å². The molecule has 0 aliphatic heterocycles. The van der Waals surface area contributed by atoms with E-state index in [4.69, 9.17) is 9.47 Å². The molecule has 1 aromatic rings. The molecule has 1 rings (SSSR count). The summed E-state index contributed by atoms with van der Waals surface area (Å²) in [7, 11) is 1.64. The first-order valence-electron chi connectivity index (χ1n) is 7.50. The van der Waals surface area contributed by atoms with Gasteiger partial charge in [-0.3, -0.25) is 4.79 Å². The van der Waals surface area contributed by atoms with E-state index in [0.717, 1.165) is 16.9 Å². The maximum atomic E-state index is 12.4. The quantitative estimate of drug-likeness (QED) is 0.533. The second kappa shape index (κ2) is 7.83. The van der Waals surface area contributed by atoms with Crippen LogP contribution in [0.2, 0.25) is 0 Å². The number of hydrogen-bond acceptors (Lipinski definition) is 3. The maximum Gasteiger partial charge on any atom is 0.310 e. The SMILES string of the molecule is C=CCC(C(=O)OCC)[C@@](C)(C=C)c1cc(C)cc(OC)c1. The minimum atomic E-state index is -0.556. The summed E-state index contributed by atoms with van der Waals surface area (Å²) in [5.74, 6) is 0.170. The zero-order valence-electron chi connectivity index (χ0n) is 14.0. The van der Waals surface area contributed by atoms with Crippen molar-refractivity contribution in [3.63, 3.8) is 0 Å². The van der Waals surface area contributed by atoms with E-state index in [1.54, 1.807) is 13.2 Å². The zero-order chi connectivity index (χ0) is 16.8. The lowest BCUT2D eigenvalue weighted by Gasteiger charge is -2.34. The van der Waals surface area contributed by atoms with Crippen LogP contribution in [0.4, 0.5) is 0 Å². The van der Waals surface area contributed by atoms with Crippen LogP contribution in [0, 0.1) is 12.8 Å². The van der Waals surface area contributed by atoms with E-state index < -0.39 is 5.41 Å². The minimum absolute atomic E-state index is 0.231. The summed E-state index contributed by atoms with van der Waals surface area (Å²) >= 11 is 0. The molecule has 1 unspecified atom stereocenters. The highest BCUT2D eigenvalue weighted by Crippen LogP contribution is 2.38. The molecule has 3 nitrogen and oxygen atoms in total. The fourth-order valence-corrected chi connectivity index (χ4v) is 2.63. The molecule has 0 spiro atoms. The highest BCUT2D eigenvalue weighted by Gasteiger charge is 2.38. The Kier molecular flexibility index (Phi) is 6.41. The molecule has 0 saturated heterocycles. The Hall–Kier alpha value is -2.03. The van der Waals surface area contributed by atoms with Gasteiger partial charge in [0.15, 0.2) is 0 Å². The molecule has 1 aromatic carbocycles. The number of hydrogen-bond donors (Lipinski definition) is 0. The van der Waals surface area contributed by atoms with Gasteiger partial charge in [0.25, 0.3) is 0 Å². The van der Waals surface area contributed by atoms with Gasteiger partial charge in [-0.05, 0) is 43.5 Å². The van der Waals surface area contributed by atoms with Crippen molar-refractivity contribution in [3.8, 4) is 5.75 Å². The average molecular weight is 302 g/mol. The number of carbonyl (C=O) groups is 1. The second-order valence-electron chi connectivity index (χ2n) is 5.55. The van der Waals surface area contributed by atoms with Crippen molar-refractivity contribution in [2.24, 2.45) is 5.92 Å². The summed E-state index contributed by atoms with van der Waals surface area (Å²) in [6, 6.07) is 5.96. The van der Waals surface area contributed by atoms with Gasteiger partial charge < -0.3 is 9.47 Å².